The first-order valence-corrected chi connectivity index (χ1v) is 4.51. The summed E-state index contributed by atoms with van der Waals surface area (Å²) in [7, 11) is 0. The molecule has 0 rings (SSSR count). The van der Waals surface area contributed by atoms with Crippen LogP contribution in [-0.2, 0) is 9.59 Å². The van der Waals surface area contributed by atoms with E-state index in [0.29, 0.717) is 0 Å². The van der Waals surface area contributed by atoms with Crippen LogP contribution in [0.1, 0.15) is 20.3 Å². The van der Waals surface area contributed by atoms with Crippen molar-refractivity contribution in [3.8, 4) is 12.1 Å². The van der Waals surface area contributed by atoms with Gasteiger partial charge in [0.05, 0.1) is 0 Å². The van der Waals surface area contributed by atoms with E-state index in [-0.39, 0.29) is 12.0 Å². The molecule has 0 aromatic carbocycles. The SMILES string of the molecule is CC[C@@H](C(=O)O)N(C=C(C#N)C#N)C(C)=O. The van der Waals surface area contributed by atoms with Crippen LogP contribution in [0.15, 0.2) is 11.8 Å². The maximum Gasteiger partial charge on any atom is 0.326 e. The predicted octanol–water partition coefficient (Wildman–Crippen LogP) is 0.629. The number of nitriles is 2. The molecule has 0 saturated heterocycles. The van der Waals surface area contributed by atoms with E-state index in [0.717, 1.165) is 11.1 Å². The second-order valence-corrected chi connectivity index (χ2v) is 2.95. The lowest BCUT2D eigenvalue weighted by molar-refractivity contribution is -0.147. The highest BCUT2D eigenvalue weighted by molar-refractivity contribution is 5.83. The van der Waals surface area contributed by atoms with E-state index in [2.05, 4.69) is 0 Å². The van der Waals surface area contributed by atoms with Crippen molar-refractivity contribution in [2.24, 2.45) is 0 Å². The average Bonchev–Trinajstić information content (AvgIpc) is 2.23. The summed E-state index contributed by atoms with van der Waals surface area (Å²) in [6, 6.07) is 2.08. The van der Waals surface area contributed by atoms with Crippen LogP contribution in [0, 0.1) is 22.7 Å². The number of carbonyl (C=O) groups is 2. The summed E-state index contributed by atoms with van der Waals surface area (Å²) >= 11 is 0. The molecule has 0 saturated carbocycles. The molecular formula is C10H11N3O3. The summed E-state index contributed by atoms with van der Waals surface area (Å²) in [6.45, 7) is 2.77. The smallest absolute Gasteiger partial charge is 0.326 e. The monoisotopic (exact) mass is 221 g/mol. The fraction of sp³-hybridized carbons (Fsp3) is 0.400. The average molecular weight is 221 g/mol. The first-order chi connectivity index (χ1) is 7.47. The number of aliphatic carboxylic acids is 1. The van der Waals surface area contributed by atoms with Gasteiger partial charge in [0.25, 0.3) is 0 Å². The highest BCUT2D eigenvalue weighted by Crippen LogP contribution is 2.08. The molecule has 0 radical (unpaired) electrons. The van der Waals surface area contributed by atoms with Crippen LogP contribution >= 0.6 is 0 Å². The van der Waals surface area contributed by atoms with Crippen molar-refractivity contribution in [1.29, 1.82) is 10.5 Å². The summed E-state index contributed by atoms with van der Waals surface area (Å²) in [5.74, 6) is -1.71. The number of rotatable bonds is 4. The third-order valence-corrected chi connectivity index (χ3v) is 1.88. The maximum atomic E-state index is 11.2. The molecule has 1 amide bonds. The second-order valence-electron chi connectivity index (χ2n) is 2.95. The molecule has 0 spiro atoms. The van der Waals surface area contributed by atoms with Crippen LogP contribution in [0.3, 0.4) is 0 Å². The molecule has 0 fully saturated rings. The minimum atomic E-state index is -1.18. The molecule has 6 heteroatoms. The fourth-order valence-corrected chi connectivity index (χ4v) is 1.11. The Balaban J connectivity index is 5.27. The van der Waals surface area contributed by atoms with Crippen molar-refractivity contribution < 1.29 is 14.7 Å². The lowest BCUT2D eigenvalue weighted by Gasteiger charge is -2.22. The van der Waals surface area contributed by atoms with Gasteiger partial charge < -0.3 is 10.0 Å². The van der Waals surface area contributed by atoms with Crippen LogP contribution < -0.4 is 0 Å². The van der Waals surface area contributed by atoms with E-state index in [4.69, 9.17) is 15.6 Å². The Bertz CT molecular complexity index is 385. The van der Waals surface area contributed by atoms with Crippen molar-refractivity contribution in [3.63, 3.8) is 0 Å². The molecule has 1 N–H and O–H groups in total. The van der Waals surface area contributed by atoms with Gasteiger partial charge in [0, 0.05) is 13.1 Å². The Morgan fingerprint density at radius 1 is 1.44 bits per heavy atom. The molecular weight excluding hydrogens is 210 g/mol. The van der Waals surface area contributed by atoms with Gasteiger partial charge in [-0.15, -0.1) is 0 Å². The normalized spacial score (nSPS) is 10.5. The zero-order chi connectivity index (χ0) is 12.7. The van der Waals surface area contributed by atoms with Gasteiger partial charge in [0.2, 0.25) is 5.91 Å². The molecule has 16 heavy (non-hydrogen) atoms. The van der Waals surface area contributed by atoms with Crippen molar-refractivity contribution in [2.75, 3.05) is 0 Å². The molecule has 0 aliphatic rings. The summed E-state index contributed by atoms with van der Waals surface area (Å²) in [4.78, 5) is 22.9. The number of hydrogen-bond donors (Lipinski definition) is 1. The maximum absolute atomic E-state index is 11.2. The van der Waals surface area contributed by atoms with Gasteiger partial charge in [0.15, 0.2) is 0 Å². The van der Waals surface area contributed by atoms with Crippen LogP contribution in [0.5, 0.6) is 0 Å². The largest absolute Gasteiger partial charge is 0.480 e. The number of carbonyl (C=O) groups excluding carboxylic acids is 1. The molecule has 0 unspecified atom stereocenters. The summed E-state index contributed by atoms with van der Waals surface area (Å²) < 4.78 is 0. The van der Waals surface area contributed by atoms with Crippen LogP contribution in [0.25, 0.3) is 0 Å². The molecule has 1 atom stereocenters. The Kier molecular flexibility index (Phi) is 5.29. The number of carboxylic acid groups (broad SMARTS) is 1. The Hall–Kier alpha value is -2.34. The van der Waals surface area contributed by atoms with Gasteiger partial charge >= 0.3 is 5.97 Å². The Morgan fingerprint density at radius 2 is 1.94 bits per heavy atom. The first kappa shape index (κ1) is 13.7. The number of amides is 1. The van der Waals surface area contributed by atoms with E-state index in [9.17, 15) is 9.59 Å². The minimum absolute atomic E-state index is 0.190. The number of nitrogens with zero attached hydrogens (tertiary/aromatic N) is 3. The van der Waals surface area contributed by atoms with Gasteiger partial charge in [-0.3, -0.25) is 4.79 Å². The summed E-state index contributed by atoms with van der Waals surface area (Å²) in [6.07, 6.45) is 1.15. The van der Waals surface area contributed by atoms with Crippen LogP contribution in [0.4, 0.5) is 0 Å². The third kappa shape index (κ3) is 3.43. The zero-order valence-electron chi connectivity index (χ0n) is 8.97. The summed E-state index contributed by atoms with van der Waals surface area (Å²) in [5, 5.41) is 25.9. The first-order valence-electron chi connectivity index (χ1n) is 4.51. The van der Waals surface area contributed by atoms with E-state index in [1.807, 2.05) is 0 Å². The molecule has 0 aliphatic heterocycles. The van der Waals surface area contributed by atoms with Crippen LogP contribution in [-0.4, -0.2) is 27.9 Å². The van der Waals surface area contributed by atoms with Crippen molar-refractivity contribution in [3.05, 3.63) is 11.8 Å². The number of hydrogen-bond acceptors (Lipinski definition) is 4. The number of allylic oxidation sites excluding steroid dienone is 1. The van der Waals surface area contributed by atoms with Gasteiger partial charge in [0.1, 0.15) is 23.8 Å². The number of carboxylic acids is 1. The molecule has 0 bridgehead atoms. The van der Waals surface area contributed by atoms with E-state index in [1.165, 1.54) is 6.92 Å². The van der Waals surface area contributed by atoms with Gasteiger partial charge in [-0.25, -0.2) is 4.79 Å². The van der Waals surface area contributed by atoms with E-state index >= 15 is 0 Å². The standard InChI is InChI=1S/C10H11N3O3/c1-3-9(10(15)16)13(7(2)14)6-8(4-11)5-12/h6,9H,3H2,1-2H3,(H,15,16)/t9-/m0/s1. The third-order valence-electron chi connectivity index (χ3n) is 1.88. The second kappa shape index (κ2) is 6.20. The zero-order valence-corrected chi connectivity index (χ0v) is 8.97. The molecule has 0 heterocycles. The fourth-order valence-electron chi connectivity index (χ4n) is 1.11. The lowest BCUT2D eigenvalue weighted by atomic mass is 10.2. The molecule has 6 nitrogen and oxygen atoms in total. The van der Waals surface area contributed by atoms with Crippen molar-refractivity contribution >= 4 is 11.9 Å². The van der Waals surface area contributed by atoms with Crippen LogP contribution in [0.2, 0.25) is 0 Å². The van der Waals surface area contributed by atoms with Gasteiger partial charge in [-0.05, 0) is 6.42 Å². The topological polar surface area (TPSA) is 105 Å². The van der Waals surface area contributed by atoms with E-state index in [1.54, 1.807) is 19.1 Å². The van der Waals surface area contributed by atoms with E-state index < -0.39 is 17.9 Å². The van der Waals surface area contributed by atoms with Gasteiger partial charge in [-0.1, -0.05) is 6.92 Å². The highest BCUT2D eigenvalue weighted by atomic mass is 16.4. The van der Waals surface area contributed by atoms with Crippen molar-refractivity contribution in [1.82, 2.24) is 4.90 Å². The molecule has 0 aliphatic carbocycles. The Labute approximate surface area is 93.0 Å². The predicted molar refractivity (Wildman–Crippen MR) is 53.5 cm³/mol. The quantitative estimate of drug-likeness (QED) is 0.701. The highest BCUT2D eigenvalue weighted by Gasteiger charge is 2.24. The van der Waals surface area contributed by atoms with Crippen molar-refractivity contribution in [2.45, 2.75) is 26.3 Å². The molecule has 84 valence electrons. The Morgan fingerprint density at radius 3 is 2.19 bits per heavy atom. The minimum Gasteiger partial charge on any atom is -0.480 e. The molecule has 0 aromatic heterocycles. The lowest BCUT2D eigenvalue weighted by Crippen LogP contribution is -2.40. The van der Waals surface area contributed by atoms with Gasteiger partial charge in [-0.2, -0.15) is 10.5 Å². The summed E-state index contributed by atoms with van der Waals surface area (Å²) in [5.41, 5.74) is -0.310. The molecule has 0 aromatic rings.